The van der Waals surface area contributed by atoms with Crippen molar-refractivity contribution >= 4 is 40.8 Å². The maximum Gasteiger partial charge on any atom is 0.223 e. The van der Waals surface area contributed by atoms with Gasteiger partial charge in [-0.25, -0.2) is 13.8 Å². The Morgan fingerprint density at radius 1 is 1.22 bits per heavy atom. The largest absolute Gasteiger partial charge is 0.356 e. The maximum atomic E-state index is 14.2. The van der Waals surface area contributed by atoms with Crippen molar-refractivity contribution in [2.45, 2.75) is 83.2 Å². The van der Waals surface area contributed by atoms with Gasteiger partial charge in [-0.2, -0.15) is 0 Å². The van der Waals surface area contributed by atoms with Gasteiger partial charge in [-0.3, -0.25) is 9.79 Å². The summed E-state index contributed by atoms with van der Waals surface area (Å²) in [5.74, 6) is 2.07. The molecule has 4 heterocycles. The van der Waals surface area contributed by atoms with Gasteiger partial charge in [0, 0.05) is 40.9 Å². The summed E-state index contributed by atoms with van der Waals surface area (Å²) in [6.45, 7) is 7.21. The first-order valence-electron chi connectivity index (χ1n) is 16.4. The number of nitrogens with zero attached hydrogens (tertiary/aromatic N) is 3. The third-order valence-corrected chi connectivity index (χ3v) is 11.3. The topological polar surface area (TPSA) is 57.1 Å². The second-order valence-corrected chi connectivity index (χ2v) is 14.9. The minimum atomic E-state index is -1.13. The lowest BCUT2D eigenvalue weighted by molar-refractivity contribution is -0.126. The summed E-state index contributed by atoms with van der Waals surface area (Å²) >= 11 is 8.43. The van der Waals surface area contributed by atoms with Crippen LogP contribution in [0.5, 0.6) is 0 Å². The van der Waals surface area contributed by atoms with E-state index in [-0.39, 0.29) is 23.0 Å². The minimum Gasteiger partial charge on any atom is -0.356 e. The number of rotatable bonds is 8. The summed E-state index contributed by atoms with van der Waals surface area (Å²) in [5.41, 5.74) is 4.00. The molecule has 1 aromatic rings. The maximum absolute atomic E-state index is 14.2. The zero-order valence-corrected chi connectivity index (χ0v) is 27.9. The number of carbonyl (C=O) groups is 1. The number of benzene rings is 1. The molecule has 6 rings (SSSR count). The predicted octanol–water partition coefficient (Wildman–Crippen LogP) is 8.75. The van der Waals surface area contributed by atoms with Gasteiger partial charge in [-0.05, 0) is 86.1 Å². The number of carbonyl (C=O) groups excluding carboxylic acids is 1. The Morgan fingerprint density at radius 2 is 2.07 bits per heavy atom. The van der Waals surface area contributed by atoms with E-state index in [4.69, 9.17) is 21.6 Å². The van der Waals surface area contributed by atoms with Gasteiger partial charge >= 0.3 is 0 Å². The van der Waals surface area contributed by atoms with Gasteiger partial charge in [0.15, 0.2) is 0 Å². The van der Waals surface area contributed by atoms with Crippen molar-refractivity contribution in [2.75, 3.05) is 13.1 Å². The van der Waals surface area contributed by atoms with E-state index in [0.717, 1.165) is 55.3 Å². The first-order chi connectivity index (χ1) is 21.7. The van der Waals surface area contributed by atoms with E-state index in [9.17, 15) is 13.6 Å². The Balaban J connectivity index is 1.31. The molecule has 1 N–H and O–H groups in total. The first kappa shape index (κ1) is 32.2. The standard InChI is InChI=1S/C36H43ClF2N4OS/c1-21-6-4-7-25(10-9-21)23(3)36(44)40-19-24-17-31-33(30-14-12-27(41-30)16-22(2)38)34(28-13-11-26(39)18-29(28)37)42-35(43(31)20-24)32-8-5-15-45-32/h5,11-16,18,21-25,32,34H,4,6-10,17,19-20H2,1-3H3,(H,40,44)/b27-16-/t21-,22?,23?,24+,25+,32?,34-/m0/s1. The van der Waals surface area contributed by atoms with E-state index < -0.39 is 18.0 Å². The van der Waals surface area contributed by atoms with E-state index in [1.807, 2.05) is 12.2 Å². The molecular formula is C36H43ClF2N4OS. The van der Waals surface area contributed by atoms with Crippen molar-refractivity contribution in [3.05, 3.63) is 81.3 Å². The molecule has 0 radical (unpaired) electrons. The molecule has 5 nitrogen and oxygen atoms in total. The fourth-order valence-corrected chi connectivity index (χ4v) is 8.62. The van der Waals surface area contributed by atoms with Crippen LogP contribution in [0.15, 0.2) is 74.9 Å². The summed E-state index contributed by atoms with van der Waals surface area (Å²) in [7, 11) is 0. The number of aliphatic imine (C=N–C) groups is 2. The number of allylic oxidation sites excluding steroid dienone is 5. The monoisotopic (exact) mass is 652 g/mol. The summed E-state index contributed by atoms with van der Waals surface area (Å²) in [6, 6.07) is 3.97. The fraction of sp³-hybridized carbons (Fsp3) is 0.528. The smallest absolute Gasteiger partial charge is 0.223 e. The molecule has 1 amide bonds. The third-order valence-electron chi connectivity index (χ3n) is 9.93. The molecule has 0 aromatic heterocycles. The molecular weight excluding hydrogens is 610 g/mol. The van der Waals surface area contributed by atoms with Crippen molar-refractivity contribution < 1.29 is 13.6 Å². The SMILES string of the molecule is CC(F)/C=C1/C=CC(C2=C3C[C@H](CNC(=O)C(C)[C@@H]4CCC[C@H](C)CC4)CN3C(C3CC=CS3)=N[C@H]2c2ccc(F)cc2Cl)=N1. The van der Waals surface area contributed by atoms with Crippen LogP contribution in [0.2, 0.25) is 5.02 Å². The molecule has 1 aromatic carbocycles. The van der Waals surface area contributed by atoms with Crippen LogP contribution in [0.25, 0.3) is 0 Å². The van der Waals surface area contributed by atoms with Crippen LogP contribution >= 0.6 is 23.4 Å². The van der Waals surface area contributed by atoms with Gasteiger partial charge in [0.25, 0.3) is 0 Å². The molecule has 5 aliphatic rings. The fourth-order valence-electron chi connectivity index (χ4n) is 7.40. The third kappa shape index (κ3) is 7.17. The van der Waals surface area contributed by atoms with E-state index in [1.165, 1.54) is 44.4 Å². The molecule has 2 fully saturated rings. The van der Waals surface area contributed by atoms with E-state index in [1.54, 1.807) is 17.8 Å². The molecule has 240 valence electrons. The highest BCUT2D eigenvalue weighted by Crippen LogP contribution is 2.46. The Labute approximate surface area is 275 Å². The normalized spacial score (nSPS) is 30.3. The van der Waals surface area contributed by atoms with Gasteiger partial charge in [0.2, 0.25) is 5.91 Å². The lowest BCUT2D eigenvalue weighted by Crippen LogP contribution is -2.40. The van der Waals surface area contributed by atoms with Gasteiger partial charge in [0.1, 0.15) is 23.9 Å². The number of hydrogen-bond donors (Lipinski definition) is 1. The van der Waals surface area contributed by atoms with E-state index >= 15 is 0 Å². The van der Waals surface area contributed by atoms with Crippen LogP contribution in [-0.4, -0.2) is 46.9 Å². The first-order valence-corrected chi connectivity index (χ1v) is 17.7. The summed E-state index contributed by atoms with van der Waals surface area (Å²) in [6.07, 6.45) is 13.8. The predicted molar refractivity (Wildman–Crippen MR) is 182 cm³/mol. The van der Waals surface area contributed by atoms with Crippen LogP contribution in [0, 0.1) is 29.5 Å². The van der Waals surface area contributed by atoms with Crippen molar-refractivity contribution in [3.8, 4) is 0 Å². The molecule has 7 atom stereocenters. The number of hydrogen-bond acceptors (Lipinski definition) is 5. The molecule has 1 saturated carbocycles. The zero-order valence-electron chi connectivity index (χ0n) is 26.3. The Bertz CT molecular complexity index is 1490. The molecule has 1 saturated heterocycles. The van der Waals surface area contributed by atoms with Crippen molar-refractivity contribution in [2.24, 2.45) is 33.7 Å². The molecule has 45 heavy (non-hydrogen) atoms. The van der Waals surface area contributed by atoms with Crippen molar-refractivity contribution in [1.29, 1.82) is 0 Å². The molecule has 3 unspecified atom stereocenters. The highest BCUT2D eigenvalue weighted by atomic mass is 35.5. The van der Waals surface area contributed by atoms with Crippen LogP contribution in [0.4, 0.5) is 8.78 Å². The number of halogens is 3. The van der Waals surface area contributed by atoms with Crippen LogP contribution < -0.4 is 5.32 Å². The summed E-state index contributed by atoms with van der Waals surface area (Å²) in [5, 5.41) is 5.90. The molecule has 4 aliphatic heterocycles. The number of amides is 1. The molecule has 0 bridgehead atoms. The molecule has 0 spiro atoms. The average molecular weight is 653 g/mol. The van der Waals surface area contributed by atoms with Crippen LogP contribution in [0.3, 0.4) is 0 Å². The lowest BCUT2D eigenvalue weighted by Gasteiger charge is -2.35. The summed E-state index contributed by atoms with van der Waals surface area (Å²) < 4.78 is 28.1. The van der Waals surface area contributed by atoms with Crippen molar-refractivity contribution in [3.63, 3.8) is 0 Å². The van der Waals surface area contributed by atoms with E-state index in [2.05, 4.69) is 35.5 Å². The number of amidine groups is 1. The Morgan fingerprint density at radius 3 is 2.82 bits per heavy atom. The van der Waals surface area contributed by atoms with Gasteiger partial charge in [0.05, 0.1) is 16.7 Å². The number of alkyl halides is 1. The zero-order chi connectivity index (χ0) is 31.7. The van der Waals surface area contributed by atoms with Gasteiger partial charge < -0.3 is 10.2 Å². The number of thioether (sulfide) groups is 1. The lowest BCUT2D eigenvalue weighted by atomic mass is 9.86. The van der Waals surface area contributed by atoms with Gasteiger partial charge in [-0.1, -0.05) is 56.9 Å². The van der Waals surface area contributed by atoms with Crippen molar-refractivity contribution in [1.82, 2.24) is 10.2 Å². The minimum absolute atomic E-state index is 0.00164. The average Bonchev–Trinajstić information content (AvgIpc) is 3.75. The quantitative estimate of drug-likeness (QED) is 0.286. The summed E-state index contributed by atoms with van der Waals surface area (Å²) in [4.78, 5) is 25.9. The Hall–Kier alpha value is -2.71. The van der Waals surface area contributed by atoms with Gasteiger partial charge in [-0.15, -0.1) is 11.8 Å². The van der Waals surface area contributed by atoms with E-state index in [0.29, 0.717) is 34.5 Å². The van der Waals surface area contributed by atoms with Crippen LogP contribution in [0.1, 0.15) is 77.3 Å². The van der Waals surface area contributed by atoms with Crippen LogP contribution in [-0.2, 0) is 4.79 Å². The highest BCUT2D eigenvalue weighted by Gasteiger charge is 2.42. The second kappa shape index (κ2) is 14.0. The number of nitrogens with one attached hydrogen (secondary N) is 1. The Kier molecular flexibility index (Phi) is 10.0. The molecule has 1 aliphatic carbocycles. The molecule has 9 heteroatoms. The highest BCUT2D eigenvalue weighted by molar-refractivity contribution is 8.03. The number of fused-ring (bicyclic) bond motifs is 1. The second-order valence-electron chi connectivity index (χ2n) is 13.3.